The van der Waals surface area contributed by atoms with Gasteiger partial charge in [0.1, 0.15) is 6.17 Å². The Balaban J connectivity index is 0.000000745. The summed E-state index contributed by atoms with van der Waals surface area (Å²) >= 11 is 3.24. The van der Waals surface area contributed by atoms with Crippen molar-refractivity contribution in [2.75, 3.05) is 20.1 Å². The number of likely N-dealkylation sites (tertiary alicyclic amines) is 1. The topological polar surface area (TPSA) is 92.7 Å². The van der Waals surface area contributed by atoms with E-state index in [2.05, 4.69) is 0 Å². The highest BCUT2D eigenvalue weighted by Gasteiger charge is 2.23. The van der Waals surface area contributed by atoms with Crippen LogP contribution in [-0.4, -0.2) is 51.1 Å². The third kappa shape index (κ3) is 5.29. The Morgan fingerprint density at radius 2 is 2.05 bits per heavy atom. The summed E-state index contributed by atoms with van der Waals surface area (Å²) in [6.07, 6.45) is -0.224. The van der Waals surface area contributed by atoms with Gasteiger partial charge >= 0.3 is 0 Å². The zero-order valence-corrected chi connectivity index (χ0v) is 13.5. The normalized spacial score (nSPS) is 16.7. The Morgan fingerprint density at radius 3 is 2.55 bits per heavy atom. The Bertz CT molecular complexity index is 539. The lowest BCUT2D eigenvalue weighted by Gasteiger charge is -2.28. The highest BCUT2D eigenvalue weighted by Crippen LogP contribution is 2.22. The van der Waals surface area contributed by atoms with Gasteiger partial charge in [0.25, 0.3) is 5.91 Å². The van der Waals surface area contributed by atoms with Crippen molar-refractivity contribution in [3.05, 3.63) is 28.8 Å². The molecule has 0 aromatic heterocycles. The molecule has 1 aliphatic rings. The molecule has 0 radical (unpaired) electrons. The molecule has 2 N–H and O–H groups in total. The van der Waals surface area contributed by atoms with Gasteiger partial charge in [-0.05, 0) is 42.1 Å². The lowest BCUT2D eigenvalue weighted by atomic mass is 10.1. The second kappa shape index (κ2) is 9.16. The number of carbonyl (C=O) groups excluding carboxylic acids is 1. The number of alkyl halides is 1. The molecule has 1 aliphatic heterocycles. The fourth-order valence-electron chi connectivity index (χ4n) is 2.00. The summed E-state index contributed by atoms with van der Waals surface area (Å²) in [4.78, 5) is 13.6. The first-order chi connectivity index (χ1) is 10.4. The first-order valence-corrected chi connectivity index (χ1v) is 7.99. The summed E-state index contributed by atoms with van der Waals surface area (Å²) in [5.41, 5.74) is 2.00. The molecule has 0 spiro atoms. The number of hydrogen-bond acceptors (Lipinski definition) is 5. The first-order valence-electron chi connectivity index (χ1n) is 6.53. The Labute approximate surface area is 135 Å². The summed E-state index contributed by atoms with van der Waals surface area (Å²) in [5.74, 6) is -0.296. The van der Waals surface area contributed by atoms with Gasteiger partial charge in [-0.2, -0.15) is 0 Å². The van der Waals surface area contributed by atoms with E-state index in [1.165, 1.54) is 30.1 Å². The maximum absolute atomic E-state index is 13.0. The van der Waals surface area contributed by atoms with Crippen LogP contribution in [0, 0.1) is 0 Å². The first kappa shape index (κ1) is 19.0. The standard InChI is InChI=1S/C12H13ClFNO3S.CH5NO/c13-10-2-1-8(7-11(10)19(17)18)12(16)15-5-3-9(14)4-6-15;1-2-3/h1-2,7,9H,3-6H2,(H,17,18);2-3H,1H3/p-1. The van der Waals surface area contributed by atoms with Gasteiger partial charge in [0.05, 0.1) is 5.02 Å². The fourth-order valence-corrected chi connectivity index (χ4v) is 2.75. The van der Waals surface area contributed by atoms with Gasteiger partial charge in [0.2, 0.25) is 0 Å². The van der Waals surface area contributed by atoms with Crippen molar-refractivity contribution >= 4 is 28.6 Å². The zero-order valence-electron chi connectivity index (χ0n) is 11.9. The van der Waals surface area contributed by atoms with E-state index in [9.17, 15) is 17.9 Å². The van der Waals surface area contributed by atoms with Gasteiger partial charge in [-0.1, -0.05) is 11.6 Å². The quantitative estimate of drug-likeness (QED) is 0.625. The molecule has 0 bridgehead atoms. The fraction of sp³-hybridized carbons (Fsp3) is 0.462. The maximum Gasteiger partial charge on any atom is 0.253 e. The second-order valence-electron chi connectivity index (χ2n) is 4.57. The summed E-state index contributed by atoms with van der Waals surface area (Å²) in [6, 6.07) is 4.10. The summed E-state index contributed by atoms with van der Waals surface area (Å²) in [6.45, 7) is 0.691. The number of nitrogens with one attached hydrogen (secondary N) is 1. The van der Waals surface area contributed by atoms with Gasteiger partial charge in [-0.3, -0.25) is 9.00 Å². The third-order valence-electron chi connectivity index (χ3n) is 3.07. The Morgan fingerprint density at radius 1 is 1.50 bits per heavy atom. The van der Waals surface area contributed by atoms with E-state index < -0.39 is 17.3 Å². The van der Waals surface area contributed by atoms with Crippen LogP contribution in [0.5, 0.6) is 0 Å². The summed E-state index contributed by atoms with van der Waals surface area (Å²) < 4.78 is 34.9. The lowest BCUT2D eigenvalue weighted by molar-refractivity contribution is 0.0666. The van der Waals surface area contributed by atoms with Crippen molar-refractivity contribution in [3.8, 4) is 0 Å². The largest absolute Gasteiger partial charge is 0.768 e. The van der Waals surface area contributed by atoms with E-state index in [1.807, 2.05) is 0 Å². The molecule has 22 heavy (non-hydrogen) atoms. The van der Waals surface area contributed by atoms with Crippen molar-refractivity contribution in [3.63, 3.8) is 0 Å². The molecule has 0 aliphatic carbocycles. The Kier molecular flexibility index (Phi) is 7.91. The van der Waals surface area contributed by atoms with Crippen LogP contribution in [0.2, 0.25) is 5.02 Å². The van der Waals surface area contributed by atoms with Crippen LogP contribution >= 0.6 is 11.6 Å². The summed E-state index contributed by atoms with van der Waals surface area (Å²) in [5, 5.41) is 7.40. The number of benzene rings is 1. The van der Waals surface area contributed by atoms with Crippen LogP contribution in [-0.2, 0) is 11.1 Å². The smallest absolute Gasteiger partial charge is 0.253 e. The molecule has 1 unspecified atom stereocenters. The van der Waals surface area contributed by atoms with Crippen LogP contribution in [0.4, 0.5) is 4.39 Å². The highest BCUT2D eigenvalue weighted by molar-refractivity contribution is 7.79. The van der Waals surface area contributed by atoms with Crippen molar-refractivity contribution in [1.82, 2.24) is 10.4 Å². The second-order valence-corrected chi connectivity index (χ2v) is 5.89. The molecule has 1 amide bonds. The number of halogens is 2. The third-order valence-corrected chi connectivity index (χ3v) is 4.21. The van der Waals surface area contributed by atoms with E-state index in [1.54, 1.807) is 5.48 Å². The van der Waals surface area contributed by atoms with Gasteiger partial charge in [0, 0.05) is 30.6 Å². The monoisotopic (exact) mass is 351 g/mol. The average Bonchev–Trinajstić information content (AvgIpc) is 2.48. The predicted octanol–water partition coefficient (Wildman–Crippen LogP) is 1.75. The van der Waals surface area contributed by atoms with Crippen LogP contribution in [0.1, 0.15) is 23.2 Å². The van der Waals surface area contributed by atoms with E-state index in [-0.39, 0.29) is 21.4 Å². The minimum absolute atomic E-state index is 0.0762. The van der Waals surface area contributed by atoms with Crippen LogP contribution in [0.15, 0.2) is 23.1 Å². The van der Waals surface area contributed by atoms with Crippen LogP contribution in [0.3, 0.4) is 0 Å². The molecule has 6 nitrogen and oxygen atoms in total. The molecular formula is C13H17ClFN2O4S-. The molecule has 1 atom stereocenters. The highest BCUT2D eigenvalue weighted by atomic mass is 35.5. The molecule has 9 heteroatoms. The average molecular weight is 352 g/mol. The van der Waals surface area contributed by atoms with Crippen molar-refractivity contribution in [2.45, 2.75) is 23.9 Å². The number of carbonyl (C=O) groups is 1. The van der Waals surface area contributed by atoms with Gasteiger partial charge < -0.3 is 14.7 Å². The minimum Gasteiger partial charge on any atom is -0.768 e. The predicted molar refractivity (Wildman–Crippen MR) is 79.5 cm³/mol. The van der Waals surface area contributed by atoms with Crippen LogP contribution in [0.25, 0.3) is 0 Å². The van der Waals surface area contributed by atoms with Gasteiger partial charge in [-0.25, -0.2) is 9.87 Å². The van der Waals surface area contributed by atoms with E-state index in [4.69, 9.17) is 16.8 Å². The Hall–Kier alpha value is -1.06. The van der Waals surface area contributed by atoms with Crippen molar-refractivity contribution < 1.29 is 23.2 Å². The van der Waals surface area contributed by atoms with Gasteiger partial charge in [-0.15, -0.1) is 0 Å². The zero-order chi connectivity index (χ0) is 16.7. The van der Waals surface area contributed by atoms with E-state index in [0.717, 1.165) is 0 Å². The SMILES string of the molecule is CNO.O=C(c1ccc(Cl)c(S(=O)[O-])c1)N1CCC(F)CC1. The molecule has 1 heterocycles. The van der Waals surface area contributed by atoms with E-state index in [0.29, 0.717) is 25.9 Å². The molecule has 1 aromatic carbocycles. The number of rotatable bonds is 2. The molecule has 1 saturated heterocycles. The van der Waals surface area contributed by atoms with Crippen molar-refractivity contribution in [2.24, 2.45) is 0 Å². The maximum atomic E-state index is 13.0. The molecule has 2 rings (SSSR count). The number of hydrogen-bond donors (Lipinski definition) is 2. The molecular weight excluding hydrogens is 335 g/mol. The summed E-state index contributed by atoms with van der Waals surface area (Å²) in [7, 11) is 1.43. The molecule has 124 valence electrons. The number of amides is 1. The van der Waals surface area contributed by atoms with Crippen molar-refractivity contribution in [1.29, 1.82) is 0 Å². The van der Waals surface area contributed by atoms with Crippen LogP contribution < -0.4 is 5.48 Å². The lowest BCUT2D eigenvalue weighted by Crippen LogP contribution is -2.39. The van der Waals surface area contributed by atoms with Gasteiger partial charge in [0.15, 0.2) is 0 Å². The number of nitrogens with zero attached hydrogens (tertiary/aromatic N) is 1. The molecule has 1 fully saturated rings. The minimum atomic E-state index is -2.49. The molecule has 1 aromatic rings. The molecule has 0 saturated carbocycles. The van der Waals surface area contributed by atoms with E-state index >= 15 is 0 Å². The number of hydroxylamine groups is 1. The number of piperidine rings is 1.